The van der Waals surface area contributed by atoms with Gasteiger partial charge in [-0.1, -0.05) is 18.2 Å². The summed E-state index contributed by atoms with van der Waals surface area (Å²) in [5.74, 6) is -0.283. The topological polar surface area (TPSA) is 106 Å². The molecule has 1 atom stereocenters. The van der Waals surface area contributed by atoms with E-state index in [1.54, 1.807) is 30.3 Å². The van der Waals surface area contributed by atoms with Crippen molar-refractivity contribution in [1.82, 2.24) is 4.90 Å². The number of carboxylic acids is 1. The van der Waals surface area contributed by atoms with Crippen LogP contribution in [-0.2, 0) is 16.1 Å². The van der Waals surface area contributed by atoms with Crippen LogP contribution in [0.25, 0.3) is 11.3 Å². The molecule has 3 rings (SSSR count). The first-order valence-corrected chi connectivity index (χ1v) is 7.59. The number of hydrogen-bond donors (Lipinski definition) is 2. The molecule has 1 saturated heterocycles. The summed E-state index contributed by atoms with van der Waals surface area (Å²) < 4.78 is 11.1. The Kier molecular flexibility index (Phi) is 4.64. The number of amides is 1. The lowest BCUT2D eigenvalue weighted by molar-refractivity contribution is -0.135. The standard InChI is InChI=1S/C17H18N2O5/c18-16(20)15-10-19(7-8-23-15)9-11-5-6-14(24-11)12-3-1-2-4-13(12)17(21)22/h1-6,15H,7-10H2,(H2,18,20)(H,21,22)/t15-/m1/s1. The molecular weight excluding hydrogens is 312 g/mol. The van der Waals surface area contributed by atoms with Gasteiger partial charge in [0, 0.05) is 18.7 Å². The minimum Gasteiger partial charge on any atom is -0.478 e. The molecule has 0 aliphatic carbocycles. The average Bonchev–Trinajstić information content (AvgIpc) is 3.03. The van der Waals surface area contributed by atoms with E-state index in [-0.39, 0.29) is 5.56 Å². The Balaban J connectivity index is 1.75. The zero-order chi connectivity index (χ0) is 17.1. The van der Waals surface area contributed by atoms with Gasteiger partial charge >= 0.3 is 5.97 Å². The van der Waals surface area contributed by atoms with Crippen molar-refractivity contribution in [2.45, 2.75) is 12.6 Å². The number of ether oxygens (including phenoxy) is 1. The molecule has 7 nitrogen and oxygen atoms in total. The number of hydrogen-bond acceptors (Lipinski definition) is 5. The fourth-order valence-electron chi connectivity index (χ4n) is 2.73. The summed E-state index contributed by atoms with van der Waals surface area (Å²) >= 11 is 0. The lowest BCUT2D eigenvalue weighted by atomic mass is 10.1. The lowest BCUT2D eigenvalue weighted by Crippen LogP contribution is -2.47. The summed E-state index contributed by atoms with van der Waals surface area (Å²) in [7, 11) is 0. The van der Waals surface area contributed by atoms with Crippen LogP contribution in [0.5, 0.6) is 0 Å². The largest absolute Gasteiger partial charge is 0.478 e. The number of furan rings is 1. The molecule has 2 aromatic rings. The highest BCUT2D eigenvalue weighted by molar-refractivity contribution is 5.95. The smallest absolute Gasteiger partial charge is 0.336 e. The first-order valence-electron chi connectivity index (χ1n) is 7.59. The molecule has 1 aliphatic heterocycles. The summed E-state index contributed by atoms with van der Waals surface area (Å²) in [6, 6.07) is 10.3. The number of carboxylic acid groups (broad SMARTS) is 1. The quantitative estimate of drug-likeness (QED) is 0.857. The van der Waals surface area contributed by atoms with Crippen LogP contribution in [-0.4, -0.2) is 47.7 Å². The van der Waals surface area contributed by atoms with Crippen LogP contribution in [0.15, 0.2) is 40.8 Å². The Hall–Kier alpha value is -2.64. The van der Waals surface area contributed by atoms with E-state index in [1.165, 1.54) is 0 Å². The van der Waals surface area contributed by atoms with Gasteiger partial charge in [0.15, 0.2) is 0 Å². The Bertz CT molecular complexity index is 755. The number of primary amides is 1. The zero-order valence-electron chi connectivity index (χ0n) is 13.0. The molecule has 0 spiro atoms. The van der Waals surface area contributed by atoms with Crippen molar-refractivity contribution in [3.63, 3.8) is 0 Å². The molecule has 0 saturated carbocycles. The van der Waals surface area contributed by atoms with Gasteiger partial charge in [0.1, 0.15) is 17.6 Å². The van der Waals surface area contributed by atoms with E-state index in [1.807, 2.05) is 11.0 Å². The summed E-state index contributed by atoms with van der Waals surface area (Å²) in [4.78, 5) is 24.6. The van der Waals surface area contributed by atoms with Crippen molar-refractivity contribution >= 4 is 11.9 Å². The van der Waals surface area contributed by atoms with Gasteiger partial charge in [-0.05, 0) is 18.2 Å². The Morgan fingerprint density at radius 3 is 2.79 bits per heavy atom. The fourth-order valence-corrected chi connectivity index (χ4v) is 2.73. The second-order valence-electron chi connectivity index (χ2n) is 5.61. The van der Waals surface area contributed by atoms with Crippen molar-refractivity contribution in [2.75, 3.05) is 19.7 Å². The van der Waals surface area contributed by atoms with Crippen LogP contribution in [0.2, 0.25) is 0 Å². The molecule has 2 heterocycles. The van der Waals surface area contributed by atoms with Gasteiger partial charge in [0.25, 0.3) is 0 Å². The first kappa shape index (κ1) is 16.2. The lowest BCUT2D eigenvalue weighted by Gasteiger charge is -2.30. The van der Waals surface area contributed by atoms with Gasteiger partial charge in [-0.2, -0.15) is 0 Å². The molecule has 3 N–H and O–H groups in total. The van der Waals surface area contributed by atoms with E-state index in [9.17, 15) is 14.7 Å². The van der Waals surface area contributed by atoms with Crippen LogP contribution in [0.4, 0.5) is 0 Å². The van der Waals surface area contributed by atoms with Crippen molar-refractivity contribution in [3.05, 3.63) is 47.7 Å². The number of nitrogens with two attached hydrogens (primary N) is 1. The number of rotatable bonds is 5. The third-order valence-electron chi connectivity index (χ3n) is 3.93. The summed E-state index contributed by atoms with van der Waals surface area (Å²) in [6.07, 6.45) is -0.610. The van der Waals surface area contributed by atoms with E-state index in [4.69, 9.17) is 14.9 Å². The first-order chi connectivity index (χ1) is 11.5. The van der Waals surface area contributed by atoms with Crippen LogP contribution in [0.1, 0.15) is 16.1 Å². The van der Waals surface area contributed by atoms with Gasteiger partial charge in [-0.3, -0.25) is 9.69 Å². The molecular formula is C17H18N2O5. The van der Waals surface area contributed by atoms with Gasteiger partial charge in [-0.15, -0.1) is 0 Å². The van der Waals surface area contributed by atoms with E-state index >= 15 is 0 Å². The predicted octanol–water partition coefficient (Wildman–Crippen LogP) is 1.33. The summed E-state index contributed by atoms with van der Waals surface area (Å²) in [5, 5.41) is 9.27. The number of morpholine rings is 1. The van der Waals surface area contributed by atoms with Gasteiger partial charge < -0.3 is 20.0 Å². The normalized spacial score (nSPS) is 18.4. The highest BCUT2D eigenvalue weighted by Gasteiger charge is 2.25. The monoisotopic (exact) mass is 330 g/mol. The maximum Gasteiger partial charge on any atom is 0.336 e. The highest BCUT2D eigenvalue weighted by Crippen LogP contribution is 2.26. The van der Waals surface area contributed by atoms with Crippen LogP contribution in [0.3, 0.4) is 0 Å². The number of benzene rings is 1. The molecule has 1 aromatic carbocycles. The third kappa shape index (κ3) is 3.47. The third-order valence-corrected chi connectivity index (χ3v) is 3.93. The maximum absolute atomic E-state index is 11.3. The highest BCUT2D eigenvalue weighted by atomic mass is 16.5. The van der Waals surface area contributed by atoms with Crippen LogP contribution in [0, 0.1) is 0 Å². The Labute approximate surface area is 138 Å². The number of aromatic carboxylic acids is 1. The number of carbonyl (C=O) groups is 2. The molecule has 0 bridgehead atoms. The maximum atomic E-state index is 11.3. The number of carbonyl (C=O) groups excluding carboxylic acids is 1. The molecule has 0 radical (unpaired) electrons. The average molecular weight is 330 g/mol. The molecule has 0 unspecified atom stereocenters. The SMILES string of the molecule is NC(=O)[C@H]1CN(Cc2ccc(-c3ccccc3C(=O)O)o2)CCO1. The Morgan fingerprint density at radius 1 is 1.25 bits per heavy atom. The molecule has 1 aliphatic rings. The molecule has 126 valence electrons. The van der Waals surface area contributed by atoms with Gasteiger partial charge in [0.2, 0.25) is 5.91 Å². The predicted molar refractivity (Wildman–Crippen MR) is 85.3 cm³/mol. The second-order valence-corrected chi connectivity index (χ2v) is 5.61. The minimum absolute atomic E-state index is 0.193. The molecule has 1 amide bonds. The van der Waals surface area contributed by atoms with Crippen molar-refractivity contribution < 1.29 is 23.8 Å². The minimum atomic E-state index is -0.999. The van der Waals surface area contributed by atoms with E-state index < -0.39 is 18.0 Å². The summed E-state index contributed by atoms with van der Waals surface area (Å²) in [5.41, 5.74) is 6.01. The van der Waals surface area contributed by atoms with Crippen LogP contribution >= 0.6 is 0 Å². The van der Waals surface area contributed by atoms with Gasteiger partial charge in [0.05, 0.1) is 18.7 Å². The van der Waals surface area contributed by atoms with E-state index in [2.05, 4.69) is 0 Å². The van der Waals surface area contributed by atoms with E-state index in [0.29, 0.717) is 43.3 Å². The molecule has 7 heteroatoms. The number of nitrogens with zero attached hydrogens (tertiary/aromatic N) is 1. The zero-order valence-corrected chi connectivity index (χ0v) is 13.0. The molecule has 1 fully saturated rings. The van der Waals surface area contributed by atoms with Crippen molar-refractivity contribution in [1.29, 1.82) is 0 Å². The van der Waals surface area contributed by atoms with Crippen molar-refractivity contribution in [2.24, 2.45) is 5.73 Å². The van der Waals surface area contributed by atoms with E-state index in [0.717, 1.165) is 0 Å². The summed E-state index contributed by atoms with van der Waals surface area (Å²) in [6.45, 7) is 2.02. The fraction of sp³-hybridized carbons (Fsp3) is 0.294. The van der Waals surface area contributed by atoms with Gasteiger partial charge in [-0.25, -0.2) is 4.79 Å². The molecule has 24 heavy (non-hydrogen) atoms. The Morgan fingerprint density at radius 2 is 2.04 bits per heavy atom. The molecule has 1 aromatic heterocycles. The second kappa shape index (κ2) is 6.86. The van der Waals surface area contributed by atoms with Crippen LogP contribution < -0.4 is 5.73 Å². The van der Waals surface area contributed by atoms with Crippen molar-refractivity contribution in [3.8, 4) is 11.3 Å².